The Bertz CT molecular complexity index is 461. The molecule has 2 N–H and O–H groups in total. The minimum absolute atomic E-state index is 0.0601. The van der Waals surface area contributed by atoms with Crippen molar-refractivity contribution < 1.29 is 14.3 Å². The molecule has 0 aromatic heterocycles. The van der Waals surface area contributed by atoms with Crippen molar-refractivity contribution in [1.29, 1.82) is 0 Å². The number of nitrogens with zero attached hydrogens (tertiary/aromatic N) is 1. The molecule has 0 aliphatic heterocycles. The lowest BCUT2D eigenvalue weighted by Gasteiger charge is -2.26. The number of hydrogen-bond donors (Lipinski definition) is 2. The first-order chi connectivity index (χ1) is 9.36. The van der Waals surface area contributed by atoms with Gasteiger partial charge in [0.15, 0.2) is 0 Å². The molecule has 0 saturated carbocycles. The molecule has 1 amide bonds. The van der Waals surface area contributed by atoms with E-state index < -0.39 is 11.9 Å². The van der Waals surface area contributed by atoms with Gasteiger partial charge < -0.3 is 15.3 Å². The third kappa shape index (κ3) is 4.20. The monoisotopic (exact) mass is 282 g/mol. The van der Waals surface area contributed by atoms with Crippen molar-refractivity contribution in [3.8, 4) is 0 Å². The zero-order valence-electron chi connectivity index (χ0n) is 12.5. The Kier molecular flexibility index (Phi) is 5.95. The minimum atomic E-state index is -0.923. The Morgan fingerprint density at radius 2 is 2.05 bits per heavy atom. The van der Waals surface area contributed by atoms with Gasteiger partial charge in [-0.15, -0.1) is 0 Å². The first-order valence-electron chi connectivity index (χ1n) is 6.87. The normalized spacial score (nSPS) is 12.3. The standard InChI is InChI=1S/C15H23FN2O2/c1-5-18(9-14(20)17-10(2)3)13-8-6-7-12(16)15(13)11(4)19/h6-8,10-11,19H,5,9H2,1-4H3,(H,17,20)/t11-/m0/s1. The van der Waals surface area contributed by atoms with Gasteiger partial charge in [0.25, 0.3) is 0 Å². The Labute approximate surface area is 119 Å². The highest BCUT2D eigenvalue weighted by molar-refractivity contribution is 5.82. The van der Waals surface area contributed by atoms with Crippen LogP contribution in [0.5, 0.6) is 0 Å². The average Bonchev–Trinajstić information content (AvgIpc) is 2.34. The summed E-state index contributed by atoms with van der Waals surface area (Å²) in [4.78, 5) is 13.6. The van der Waals surface area contributed by atoms with Gasteiger partial charge in [0.05, 0.1) is 12.6 Å². The van der Waals surface area contributed by atoms with Crippen molar-refractivity contribution in [2.45, 2.75) is 39.8 Å². The summed E-state index contributed by atoms with van der Waals surface area (Å²) >= 11 is 0. The van der Waals surface area contributed by atoms with Gasteiger partial charge >= 0.3 is 0 Å². The molecular formula is C15H23FN2O2. The number of carbonyl (C=O) groups is 1. The number of benzene rings is 1. The van der Waals surface area contributed by atoms with Crippen LogP contribution in [0.15, 0.2) is 18.2 Å². The van der Waals surface area contributed by atoms with E-state index in [9.17, 15) is 14.3 Å². The second kappa shape index (κ2) is 7.24. The Morgan fingerprint density at radius 3 is 2.55 bits per heavy atom. The Hall–Kier alpha value is -1.62. The Morgan fingerprint density at radius 1 is 1.40 bits per heavy atom. The molecule has 0 spiro atoms. The molecule has 1 aromatic rings. The largest absolute Gasteiger partial charge is 0.389 e. The first-order valence-corrected chi connectivity index (χ1v) is 6.87. The van der Waals surface area contributed by atoms with Crippen LogP contribution >= 0.6 is 0 Å². The Balaban J connectivity index is 3.01. The lowest BCUT2D eigenvalue weighted by molar-refractivity contribution is -0.120. The molecule has 0 heterocycles. The van der Waals surface area contributed by atoms with Gasteiger partial charge in [0, 0.05) is 23.8 Å². The fraction of sp³-hybridized carbons (Fsp3) is 0.533. The molecule has 0 saturated heterocycles. The number of aliphatic hydroxyl groups excluding tert-OH is 1. The van der Waals surface area contributed by atoms with Gasteiger partial charge in [-0.2, -0.15) is 0 Å². The smallest absolute Gasteiger partial charge is 0.239 e. The maximum absolute atomic E-state index is 13.9. The van der Waals surface area contributed by atoms with Crippen LogP contribution in [-0.4, -0.2) is 30.1 Å². The predicted molar refractivity (Wildman–Crippen MR) is 78.2 cm³/mol. The van der Waals surface area contributed by atoms with Crippen LogP contribution in [0.3, 0.4) is 0 Å². The molecule has 0 unspecified atom stereocenters. The summed E-state index contributed by atoms with van der Waals surface area (Å²) in [6.45, 7) is 7.87. The van der Waals surface area contributed by atoms with Gasteiger partial charge in [-0.25, -0.2) is 4.39 Å². The summed E-state index contributed by atoms with van der Waals surface area (Å²) in [5, 5.41) is 12.5. The highest BCUT2D eigenvalue weighted by Gasteiger charge is 2.19. The van der Waals surface area contributed by atoms with Crippen LogP contribution in [0.1, 0.15) is 39.4 Å². The predicted octanol–water partition coefficient (Wildman–Crippen LogP) is 2.23. The van der Waals surface area contributed by atoms with E-state index in [-0.39, 0.29) is 24.1 Å². The zero-order valence-corrected chi connectivity index (χ0v) is 12.5. The molecule has 4 nitrogen and oxygen atoms in total. The number of anilines is 1. The summed E-state index contributed by atoms with van der Waals surface area (Å²) in [5.74, 6) is -0.581. The molecule has 0 radical (unpaired) electrons. The molecule has 0 aliphatic rings. The van der Waals surface area contributed by atoms with Gasteiger partial charge in [-0.05, 0) is 39.8 Å². The first kappa shape index (κ1) is 16.4. The molecule has 0 aliphatic carbocycles. The van der Waals surface area contributed by atoms with Crippen molar-refractivity contribution in [3.05, 3.63) is 29.6 Å². The van der Waals surface area contributed by atoms with E-state index in [1.54, 1.807) is 17.0 Å². The molecule has 20 heavy (non-hydrogen) atoms. The fourth-order valence-corrected chi connectivity index (χ4v) is 2.12. The van der Waals surface area contributed by atoms with Gasteiger partial charge in [-0.3, -0.25) is 4.79 Å². The van der Waals surface area contributed by atoms with E-state index in [0.29, 0.717) is 12.2 Å². The van der Waals surface area contributed by atoms with Crippen LogP contribution in [0.4, 0.5) is 10.1 Å². The number of hydrogen-bond acceptors (Lipinski definition) is 3. The van der Waals surface area contributed by atoms with Gasteiger partial charge in [0.2, 0.25) is 5.91 Å². The van der Waals surface area contributed by atoms with Crippen molar-refractivity contribution >= 4 is 11.6 Å². The summed E-state index contributed by atoms with van der Waals surface area (Å²) < 4.78 is 13.9. The summed E-state index contributed by atoms with van der Waals surface area (Å²) in [7, 11) is 0. The zero-order chi connectivity index (χ0) is 15.3. The van der Waals surface area contributed by atoms with Gasteiger partial charge in [0.1, 0.15) is 5.82 Å². The maximum atomic E-state index is 13.9. The number of halogens is 1. The average molecular weight is 282 g/mol. The lowest BCUT2D eigenvalue weighted by Crippen LogP contribution is -2.40. The molecule has 112 valence electrons. The van der Waals surface area contributed by atoms with Crippen LogP contribution < -0.4 is 10.2 Å². The van der Waals surface area contributed by atoms with Crippen LogP contribution in [0.25, 0.3) is 0 Å². The highest BCUT2D eigenvalue weighted by atomic mass is 19.1. The van der Waals surface area contributed by atoms with E-state index in [1.807, 2.05) is 20.8 Å². The minimum Gasteiger partial charge on any atom is -0.389 e. The quantitative estimate of drug-likeness (QED) is 0.841. The van der Waals surface area contributed by atoms with Crippen LogP contribution in [0.2, 0.25) is 0 Å². The molecule has 1 aromatic carbocycles. The maximum Gasteiger partial charge on any atom is 0.239 e. The summed E-state index contributed by atoms with van der Waals surface area (Å²) in [6.07, 6.45) is -0.923. The third-order valence-electron chi connectivity index (χ3n) is 2.95. The van der Waals surface area contributed by atoms with E-state index in [1.165, 1.54) is 13.0 Å². The van der Waals surface area contributed by atoms with Crippen molar-refractivity contribution in [2.24, 2.45) is 0 Å². The third-order valence-corrected chi connectivity index (χ3v) is 2.95. The highest BCUT2D eigenvalue weighted by Crippen LogP contribution is 2.28. The molecule has 1 rings (SSSR count). The summed E-state index contributed by atoms with van der Waals surface area (Å²) in [5.41, 5.74) is 0.785. The van der Waals surface area contributed by atoms with E-state index in [4.69, 9.17) is 0 Å². The molecule has 0 fully saturated rings. The lowest BCUT2D eigenvalue weighted by atomic mass is 10.1. The van der Waals surface area contributed by atoms with Crippen LogP contribution in [0, 0.1) is 5.82 Å². The number of amides is 1. The number of likely N-dealkylation sites (N-methyl/N-ethyl adjacent to an activating group) is 1. The summed E-state index contributed by atoms with van der Waals surface area (Å²) in [6, 6.07) is 4.68. The van der Waals surface area contributed by atoms with Crippen molar-refractivity contribution in [3.63, 3.8) is 0 Å². The van der Waals surface area contributed by atoms with Gasteiger partial charge in [-0.1, -0.05) is 6.07 Å². The SMILES string of the molecule is CCN(CC(=O)NC(C)C)c1cccc(F)c1[C@H](C)O. The number of nitrogens with one attached hydrogen (secondary N) is 1. The van der Waals surface area contributed by atoms with E-state index >= 15 is 0 Å². The number of rotatable bonds is 6. The molecule has 0 bridgehead atoms. The fourth-order valence-electron chi connectivity index (χ4n) is 2.12. The number of aliphatic hydroxyl groups is 1. The molecular weight excluding hydrogens is 259 g/mol. The number of carbonyl (C=O) groups excluding carboxylic acids is 1. The van der Waals surface area contributed by atoms with Crippen molar-refractivity contribution in [1.82, 2.24) is 5.32 Å². The second-order valence-corrected chi connectivity index (χ2v) is 5.09. The second-order valence-electron chi connectivity index (χ2n) is 5.09. The molecule has 5 heteroatoms. The van der Waals surface area contributed by atoms with Crippen LogP contribution in [-0.2, 0) is 4.79 Å². The van der Waals surface area contributed by atoms with E-state index in [2.05, 4.69) is 5.32 Å². The van der Waals surface area contributed by atoms with E-state index in [0.717, 1.165) is 0 Å². The molecule has 1 atom stereocenters. The van der Waals surface area contributed by atoms with Crippen molar-refractivity contribution in [2.75, 3.05) is 18.0 Å². The topological polar surface area (TPSA) is 52.6 Å².